The lowest BCUT2D eigenvalue weighted by molar-refractivity contribution is 0.126. The van der Waals surface area contributed by atoms with Crippen LogP contribution < -0.4 is 0 Å². The molecule has 120 valence electrons. The maximum atomic E-state index is 12.8. The van der Waals surface area contributed by atoms with Crippen LogP contribution in [0.3, 0.4) is 0 Å². The molecule has 1 saturated carbocycles. The first kappa shape index (κ1) is 17.0. The molecule has 1 heterocycles. The van der Waals surface area contributed by atoms with E-state index in [9.17, 15) is 9.47 Å². The van der Waals surface area contributed by atoms with E-state index in [1.807, 2.05) is 0 Å². The zero-order valence-electron chi connectivity index (χ0n) is 13.6. The van der Waals surface area contributed by atoms with E-state index in [2.05, 4.69) is 26.8 Å². The minimum absolute atomic E-state index is 0.0313. The van der Waals surface area contributed by atoms with Crippen molar-refractivity contribution in [2.24, 2.45) is 17.3 Å². The molecule has 1 saturated heterocycles. The summed E-state index contributed by atoms with van der Waals surface area (Å²) in [4.78, 5) is 0. The highest BCUT2D eigenvalue weighted by Gasteiger charge is 2.40. The van der Waals surface area contributed by atoms with E-state index >= 15 is 0 Å². The molecule has 2 aliphatic rings. The number of hydrogen-bond donors (Lipinski definition) is 0. The van der Waals surface area contributed by atoms with Crippen molar-refractivity contribution in [2.45, 2.75) is 70.7 Å². The van der Waals surface area contributed by atoms with Crippen LogP contribution in [-0.2, 0) is 15.5 Å². The Morgan fingerprint density at radius 2 is 2.10 bits per heavy atom. The first-order chi connectivity index (χ1) is 9.97. The van der Waals surface area contributed by atoms with Crippen molar-refractivity contribution in [3.05, 3.63) is 0 Å². The van der Waals surface area contributed by atoms with Gasteiger partial charge >= 0.3 is 0 Å². The van der Waals surface area contributed by atoms with Crippen molar-refractivity contribution in [3.8, 4) is 6.07 Å². The third-order valence-electron chi connectivity index (χ3n) is 5.69. The van der Waals surface area contributed by atoms with Gasteiger partial charge in [-0.3, -0.25) is 4.21 Å². The van der Waals surface area contributed by atoms with Crippen molar-refractivity contribution in [2.75, 3.05) is 12.4 Å². The van der Waals surface area contributed by atoms with E-state index in [0.29, 0.717) is 11.7 Å². The summed E-state index contributed by atoms with van der Waals surface area (Å²) < 4.78 is 18.4. The van der Waals surface area contributed by atoms with Crippen LogP contribution in [0.4, 0.5) is 0 Å². The van der Waals surface area contributed by atoms with Crippen LogP contribution in [0.2, 0.25) is 0 Å². The topological polar surface area (TPSA) is 50.1 Å². The largest absolute Gasteiger partial charge is 0.377 e. The van der Waals surface area contributed by atoms with E-state index in [-0.39, 0.29) is 22.7 Å². The summed E-state index contributed by atoms with van der Waals surface area (Å²) >= 11 is 0. The molecule has 0 spiro atoms. The number of hydrogen-bond acceptors (Lipinski definition) is 3. The van der Waals surface area contributed by atoms with Crippen molar-refractivity contribution in [1.82, 2.24) is 0 Å². The van der Waals surface area contributed by atoms with Gasteiger partial charge in [0.1, 0.15) is 0 Å². The maximum Gasteiger partial charge on any atom is 0.0691 e. The van der Waals surface area contributed by atoms with Gasteiger partial charge in [0.25, 0.3) is 0 Å². The lowest BCUT2D eigenvalue weighted by atomic mass is 9.67. The minimum Gasteiger partial charge on any atom is -0.377 e. The average Bonchev–Trinajstić information content (AvgIpc) is 2.99. The first-order valence-electron chi connectivity index (χ1n) is 8.36. The number of nitrogens with zero attached hydrogens (tertiary/aromatic N) is 1. The van der Waals surface area contributed by atoms with E-state index in [0.717, 1.165) is 45.1 Å². The van der Waals surface area contributed by atoms with Crippen molar-refractivity contribution in [3.63, 3.8) is 0 Å². The standard InChI is InChI=1S/C17H29NO2S/c1-4-17(2,3)14-8-7-13(11-18)16(10-14)21(19)12-15-6-5-9-20-15/h13-16H,4-10,12H2,1-3H3. The lowest BCUT2D eigenvalue weighted by Gasteiger charge is -2.41. The zero-order valence-corrected chi connectivity index (χ0v) is 14.5. The lowest BCUT2D eigenvalue weighted by Crippen LogP contribution is -2.39. The highest BCUT2D eigenvalue weighted by atomic mass is 32.2. The smallest absolute Gasteiger partial charge is 0.0691 e. The average molecular weight is 311 g/mol. The van der Waals surface area contributed by atoms with Gasteiger partial charge < -0.3 is 4.74 Å². The molecule has 0 aromatic heterocycles. The fraction of sp³-hybridized carbons (Fsp3) is 0.941. The highest BCUT2D eigenvalue weighted by molar-refractivity contribution is 7.85. The molecule has 0 aromatic carbocycles. The third kappa shape index (κ3) is 4.07. The molecule has 2 rings (SSSR count). The Labute approximate surface area is 131 Å². The van der Waals surface area contributed by atoms with Gasteiger partial charge in [0.05, 0.1) is 29.1 Å². The normalized spacial score (nSPS) is 35.3. The Morgan fingerprint density at radius 3 is 2.67 bits per heavy atom. The van der Waals surface area contributed by atoms with Crippen molar-refractivity contribution < 1.29 is 8.95 Å². The van der Waals surface area contributed by atoms with Gasteiger partial charge in [-0.05, 0) is 43.4 Å². The molecule has 5 unspecified atom stereocenters. The monoisotopic (exact) mass is 311 g/mol. The summed E-state index contributed by atoms with van der Waals surface area (Å²) in [6.45, 7) is 7.66. The molecule has 5 atom stereocenters. The minimum atomic E-state index is -0.931. The van der Waals surface area contributed by atoms with Crippen molar-refractivity contribution >= 4 is 10.8 Å². The van der Waals surface area contributed by atoms with E-state index in [1.165, 1.54) is 0 Å². The van der Waals surface area contributed by atoms with Gasteiger partial charge in [-0.15, -0.1) is 0 Å². The Bertz CT molecular complexity index is 410. The van der Waals surface area contributed by atoms with Gasteiger partial charge in [0.2, 0.25) is 0 Å². The molecule has 0 bridgehead atoms. The Kier molecular flexibility index (Phi) is 5.85. The van der Waals surface area contributed by atoms with Gasteiger partial charge in [-0.2, -0.15) is 5.26 Å². The maximum absolute atomic E-state index is 12.8. The summed E-state index contributed by atoms with van der Waals surface area (Å²) in [7, 11) is -0.931. The second-order valence-electron chi connectivity index (χ2n) is 7.31. The van der Waals surface area contributed by atoms with Crippen LogP contribution in [0, 0.1) is 28.6 Å². The van der Waals surface area contributed by atoms with Gasteiger partial charge in [-0.1, -0.05) is 27.2 Å². The molecule has 1 aliphatic carbocycles. The molecule has 3 nitrogen and oxygen atoms in total. The summed E-state index contributed by atoms with van der Waals surface area (Å²) in [5, 5.41) is 9.45. The number of nitriles is 1. The van der Waals surface area contributed by atoms with Crippen LogP contribution in [-0.4, -0.2) is 27.9 Å². The number of ether oxygens (including phenoxy) is 1. The molecule has 4 heteroatoms. The molecule has 0 amide bonds. The van der Waals surface area contributed by atoms with E-state index < -0.39 is 10.8 Å². The summed E-state index contributed by atoms with van der Waals surface area (Å²) in [5.41, 5.74) is 0.284. The molecule has 1 aliphatic heterocycles. The predicted molar refractivity (Wildman–Crippen MR) is 86.3 cm³/mol. The Morgan fingerprint density at radius 1 is 1.33 bits per heavy atom. The van der Waals surface area contributed by atoms with Crippen LogP contribution in [0.15, 0.2) is 0 Å². The quantitative estimate of drug-likeness (QED) is 0.778. The van der Waals surface area contributed by atoms with Crippen LogP contribution in [0.25, 0.3) is 0 Å². The highest BCUT2D eigenvalue weighted by Crippen LogP contribution is 2.43. The molecule has 21 heavy (non-hydrogen) atoms. The van der Waals surface area contributed by atoms with Crippen LogP contribution >= 0.6 is 0 Å². The zero-order chi connectivity index (χ0) is 15.5. The van der Waals surface area contributed by atoms with Gasteiger partial charge in [0.15, 0.2) is 0 Å². The van der Waals surface area contributed by atoms with E-state index in [4.69, 9.17) is 4.74 Å². The van der Waals surface area contributed by atoms with Crippen LogP contribution in [0.5, 0.6) is 0 Å². The summed E-state index contributed by atoms with van der Waals surface area (Å²) in [5.74, 6) is 1.18. The summed E-state index contributed by atoms with van der Waals surface area (Å²) in [6, 6.07) is 2.42. The Hall–Kier alpha value is -0.400. The second-order valence-corrected chi connectivity index (χ2v) is 9.01. The molecular weight excluding hydrogens is 282 g/mol. The SMILES string of the molecule is CCC(C)(C)C1CCC(C#N)C(S(=O)CC2CCCO2)C1. The van der Waals surface area contributed by atoms with E-state index in [1.54, 1.807) is 0 Å². The third-order valence-corrected chi connectivity index (χ3v) is 7.58. The van der Waals surface area contributed by atoms with Gasteiger partial charge in [-0.25, -0.2) is 0 Å². The molecule has 2 fully saturated rings. The first-order valence-corrected chi connectivity index (χ1v) is 9.74. The number of rotatable bonds is 5. The molecule has 0 N–H and O–H groups in total. The van der Waals surface area contributed by atoms with Gasteiger partial charge in [0, 0.05) is 17.4 Å². The molecule has 0 aromatic rings. The fourth-order valence-corrected chi connectivity index (χ4v) is 5.54. The summed E-state index contributed by atoms with van der Waals surface area (Å²) in [6.07, 6.45) is 6.36. The van der Waals surface area contributed by atoms with Crippen LogP contribution in [0.1, 0.15) is 59.3 Å². The fourth-order valence-electron chi connectivity index (χ4n) is 3.65. The second kappa shape index (κ2) is 7.24. The molecule has 0 radical (unpaired) electrons. The molecular formula is C17H29NO2S. The Balaban J connectivity index is 2.02. The van der Waals surface area contributed by atoms with Crippen molar-refractivity contribution in [1.29, 1.82) is 5.26 Å². The predicted octanol–water partition coefficient (Wildman–Crippen LogP) is 3.66.